The number of ether oxygens (including phenoxy) is 1. The van der Waals surface area contributed by atoms with E-state index in [2.05, 4.69) is 23.5 Å². The second-order valence-corrected chi connectivity index (χ2v) is 4.60. The maximum absolute atomic E-state index is 5.53. The maximum Gasteiger partial charge on any atom is 0.0588 e. The molecular formula is C12H21N3O. The summed E-state index contributed by atoms with van der Waals surface area (Å²) < 4.78 is 7.38. The first-order valence-electron chi connectivity index (χ1n) is 6.05. The number of rotatable bonds is 5. The highest BCUT2D eigenvalue weighted by atomic mass is 16.5. The largest absolute Gasteiger partial charge is 0.378 e. The van der Waals surface area contributed by atoms with E-state index in [0.717, 1.165) is 26.1 Å². The number of nitrogens with one attached hydrogen (secondary N) is 1. The Morgan fingerprint density at radius 2 is 2.50 bits per heavy atom. The molecule has 0 radical (unpaired) electrons. The van der Waals surface area contributed by atoms with Crippen LogP contribution in [0.15, 0.2) is 12.4 Å². The van der Waals surface area contributed by atoms with E-state index in [1.807, 2.05) is 17.9 Å². The third kappa shape index (κ3) is 3.06. The molecule has 90 valence electrons. The maximum atomic E-state index is 5.53. The van der Waals surface area contributed by atoms with Crippen LogP contribution in [-0.4, -0.2) is 35.6 Å². The van der Waals surface area contributed by atoms with Gasteiger partial charge in [-0.2, -0.15) is 5.10 Å². The molecule has 0 aromatic carbocycles. The second-order valence-electron chi connectivity index (χ2n) is 4.60. The van der Waals surface area contributed by atoms with Crippen molar-refractivity contribution in [3.8, 4) is 0 Å². The van der Waals surface area contributed by atoms with E-state index in [-0.39, 0.29) is 0 Å². The Hall–Kier alpha value is -0.870. The summed E-state index contributed by atoms with van der Waals surface area (Å²) in [5.41, 5.74) is 1.30. The molecule has 4 nitrogen and oxygen atoms in total. The first kappa shape index (κ1) is 11.6. The van der Waals surface area contributed by atoms with Gasteiger partial charge in [0.05, 0.1) is 12.3 Å². The molecule has 2 heterocycles. The molecule has 1 aromatic rings. The van der Waals surface area contributed by atoms with Crippen molar-refractivity contribution in [2.75, 3.05) is 19.7 Å². The molecule has 1 saturated heterocycles. The van der Waals surface area contributed by atoms with Gasteiger partial charge in [-0.3, -0.25) is 4.68 Å². The van der Waals surface area contributed by atoms with E-state index < -0.39 is 0 Å². The number of hydrogen-bond donors (Lipinski definition) is 1. The van der Waals surface area contributed by atoms with Crippen molar-refractivity contribution in [3.63, 3.8) is 0 Å². The third-order valence-corrected chi connectivity index (χ3v) is 3.29. The van der Waals surface area contributed by atoms with Crippen molar-refractivity contribution in [3.05, 3.63) is 18.0 Å². The molecule has 1 fully saturated rings. The van der Waals surface area contributed by atoms with Gasteiger partial charge in [-0.15, -0.1) is 0 Å². The Labute approximate surface area is 97.0 Å². The lowest BCUT2D eigenvalue weighted by Crippen LogP contribution is -2.28. The van der Waals surface area contributed by atoms with Crippen LogP contribution in [0.5, 0.6) is 0 Å². The summed E-state index contributed by atoms with van der Waals surface area (Å²) in [6.45, 7) is 5.19. The zero-order chi connectivity index (χ0) is 11.4. The molecule has 1 aliphatic rings. The molecule has 16 heavy (non-hydrogen) atoms. The number of nitrogens with zero attached hydrogens (tertiary/aromatic N) is 2. The average Bonchev–Trinajstić information content (AvgIpc) is 2.83. The van der Waals surface area contributed by atoms with Crippen LogP contribution in [0, 0.1) is 5.92 Å². The molecule has 2 rings (SSSR count). The smallest absolute Gasteiger partial charge is 0.0588 e. The minimum atomic E-state index is 0.422. The van der Waals surface area contributed by atoms with Gasteiger partial charge in [-0.25, -0.2) is 0 Å². The summed E-state index contributed by atoms with van der Waals surface area (Å²) in [7, 11) is 1.95. The molecule has 2 unspecified atom stereocenters. The van der Waals surface area contributed by atoms with Crippen LogP contribution in [0.4, 0.5) is 0 Å². The normalized spacial score (nSPS) is 25.1. The molecule has 1 aromatic heterocycles. The van der Waals surface area contributed by atoms with Gasteiger partial charge >= 0.3 is 0 Å². The molecular weight excluding hydrogens is 202 g/mol. The van der Waals surface area contributed by atoms with Crippen molar-refractivity contribution >= 4 is 0 Å². The van der Waals surface area contributed by atoms with E-state index in [9.17, 15) is 0 Å². The van der Waals surface area contributed by atoms with Gasteiger partial charge in [0, 0.05) is 26.4 Å². The summed E-state index contributed by atoms with van der Waals surface area (Å²) in [5, 5.41) is 7.65. The van der Waals surface area contributed by atoms with Crippen LogP contribution in [0.1, 0.15) is 18.9 Å². The standard InChI is InChI=1S/C12H21N3O/c1-10-12(4-6-16-10)8-13-5-3-11-7-14-15(2)9-11/h7,9-10,12-13H,3-6,8H2,1-2H3. The fourth-order valence-corrected chi connectivity index (χ4v) is 2.17. The summed E-state index contributed by atoms with van der Waals surface area (Å²) in [6.07, 6.45) is 6.67. The molecule has 0 aliphatic carbocycles. The highest BCUT2D eigenvalue weighted by Gasteiger charge is 2.23. The van der Waals surface area contributed by atoms with Crippen molar-refractivity contribution in [1.82, 2.24) is 15.1 Å². The molecule has 2 atom stereocenters. The Balaban J connectivity index is 1.61. The van der Waals surface area contributed by atoms with E-state index in [4.69, 9.17) is 4.74 Å². The summed E-state index contributed by atoms with van der Waals surface area (Å²) in [5.74, 6) is 0.689. The van der Waals surface area contributed by atoms with E-state index >= 15 is 0 Å². The first-order valence-corrected chi connectivity index (χ1v) is 6.05. The lowest BCUT2D eigenvalue weighted by Gasteiger charge is -2.14. The van der Waals surface area contributed by atoms with Gasteiger partial charge in [0.25, 0.3) is 0 Å². The Morgan fingerprint density at radius 3 is 3.12 bits per heavy atom. The lowest BCUT2D eigenvalue weighted by atomic mass is 10.0. The quantitative estimate of drug-likeness (QED) is 0.756. The molecule has 1 N–H and O–H groups in total. The lowest BCUT2D eigenvalue weighted by molar-refractivity contribution is 0.105. The molecule has 4 heteroatoms. The highest BCUT2D eigenvalue weighted by molar-refractivity contribution is 5.03. The number of hydrogen-bond acceptors (Lipinski definition) is 3. The van der Waals surface area contributed by atoms with Crippen LogP contribution in [0.3, 0.4) is 0 Å². The summed E-state index contributed by atoms with van der Waals surface area (Å²) in [4.78, 5) is 0. The predicted molar refractivity (Wildman–Crippen MR) is 63.3 cm³/mol. The van der Waals surface area contributed by atoms with E-state index in [1.54, 1.807) is 0 Å². The minimum Gasteiger partial charge on any atom is -0.378 e. The topological polar surface area (TPSA) is 39.1 Å². The van der Waals surface area contributed by atoms with Crippen LogP contribution >= 0.6 is 0 Å². The molecule has 1 aliphatic heterocycles. The van der Waals surface area contributed by atoms with Gasteiger partial charge in [0.15, 0.2) is 0 Å². The van der Waals surface area contributed by atoms with Gasteiger partial charge in [-0.05, 0) is 37.8 Å². The first-order chi connectivity index (χ1) is 7.75. The molecule has 0 bridgehead atoms. The second kappa shape index (κ2) is 5.46. The molecule has 0 saturated carbocycles. The van der Waals surface area contributed by atoms with Gasteiger partial charge in [0.1, 0.15) is 0 Å². The predicted octanol–water partition coefficient (Wildman–Crippen LogP) is 0.977. The highest BCUT2D eigenvalue weighted by Crippen LogP contribution is 2.19. The van der Waals surface area contributed by atoms with Crippen molar-refractivity contribution in [2.45, 2.75) is 25.9 Å². The van der Waals surface area contributed by atoms with Crippen LogP contribution in [0.2, 0.25) is 0 Å². The zero-order valence-corrected chi connectivity index (χ0v) is 10.1. The van der Waals surface area contributed by atoms with Gasteiger partial charge in [-0.1, -0.05) is 0 Å². The van der Waals surface area contributed by atoms with Crippen molar-refractivity contribution in [1.29, 1.82) is 0 Å². The Morgan fingerprint density at radius 1 is 1.62 bits per heavy atom. The van der Waals surface area contributed by atoms with E-state index in [1.165, 1.54) is 12.0 Å². The molecule has 0 amide bonds. The zero-order valence-electron chi connectivity index (χ0n) is 10.1. The van der Waals surface area contributed by atoms with Crippen LogP contribution in [0.25, 0.3) is 0 Å². The minimum absolute atomic E-state index is 0.422. The Bertz CT molecular complexity index is 324. The SMILES string of the molecule is CC1OCCC1CNCCc1cnn(C)c1. The van der Waals surface area contributed by atoms with Crippen molar-refractivity contribution in [2.24, 2.45) is 13.0 Å². The van der Waals surface area contributed by atoms with Gasteiger partial charge < -0.3 is 10.1 Å². The monoisotopic (exact) mass is 223 g/mol. The number of aryl methyl sites for hydroxylation is 1. The fourth-order valence-electron chi connectivity index (χ4n) is 2.17. The van der Waals surface area contributed by atoms with E-state index in [0.29, 0.717) is 12.0 Å². The Kier molecular flexibility index (Phi) is 3.96. The van der Waals surface area contributed by atoms with Gasteiger partial charge in [0.2, 0.25) is 0 Å². The van der Waals surface area contributed by atoms with Crippen LogP contribution < -0.4 is 5.32 Å². The molecule has 0 spiro atoms. The fraction of sp³-hybridized carbons (Fsp3) is 0.750. The summed E-state index contributed by atoms with van der Waals surface area (Å²) in [6, 6.07) is 0. The third-order valence-electron chi connectivity index (χ3n) is 3.29. The average molecular weight is 223 g/mol. The number of aromatic nitrogens is 2. The van der Waals surface area contributed by atoms with Crippen molar-refractivity contribution < 1.29 is 4.74 Å². The summed E-state index contributed by atoms with van der Waals surface area (Å²) >= 11 is 0. The van der Waals surface area contributed by atoms with Crippen LogP contribution in [-0.2, 0) is 18.2 Å².